The molecule has 0 atom stereocenters. The maximum Gasteiger partial charge on any atom is 0.203 e. The second kappa shape index (κ2) is 9.78. The number of thiophene rings is 1. The second-order valence-electron chi connectivity index (χ2n) is 5.21. The van der Waals surface area contributed by atoms with Gasteiger partial charge in [-0.2, -0.15) is 11.3 Å². The molecule has 0 amide bonds. The van der Waals surface area contributed by atoms with Gasteiger partial charge < -0.3 is 24.8 Å². The maximum atomic E-state index is 5.39. The van der Waals surface area contributed by atoms with Gasteiger partial charge in [0.1, 0.15) is 0 Å². The number of aliphatic imine (C=N–C) groups is 1. The van der Waals surface area contributed by atoms with Crippen LogP contribution in [0.15, 0.2) is 34.0 Å². The van der Waals surface area contributed by atoms with Gasteiger partial charge >= 0.3 is 0 Å². The summed E-state index contributed by atoms with van der Waals surface area (Å²) >= 11 is 1.69. The molecule has 0 fully saturated rings. The van der Waals surface area contributed by atoms with Crippen LogP contribution in [-0.4, -0.2) is 33.8 Å². The van der Waals surface area contributed by atoms with Gasteiger partial charge in [-0.05, 0) is 47.0 Å². The Balaban J connectivity index is 2.12. The molecule has 0 saturated carbocycles. The summed E-state index contributed by atoms with van der Waals surface area (Å²) in [7, 11) is 4.81. The molecule has 0 aliphatic rings. The Morgan fingerprint density at radius 2 is 1.76 bits per heavy atom. The lowest BCUT2D eigenvalue weighted by molar-refractivity contribution is 0.324. The van der Waals surface area contributed by atoms with Gasteiger partial charge in [0.05, 0.1) is 27.9 Å². The molecule has 7 heteroatoms. The molecule has 136 valence electrons. The number of benzene rings is 1. The van der Waals surface area contributed by atoms with E-state index < -0.39 is 0 Å². The van der Waals surface area contributed by atoms with Crippen molar-refractivity contribution in [1.29, 1.82) is 0 Å². The number of rotatable bonds is 8. The molecule has 0 bridgehead atoms. The van der Waals surface area contributed by atoms with E-state index in [2.05, 4.69) is 32.5 Å². The van der Waals surface area contributed by atoms with E-state index in [-0.39, 0.29) is 0 Å². The smallest absolute Gasteiger partial charge is 0.203 e. The largest absolute Gasteiger partial charge is 0.493 e. The van der Waals surface area contributed by atoms with Gasteiger partial charge in [0, 0.05) is 13.1 Å². The molecule has 1 aromatic heterocycles. The highest BCUT2D eigenvalue weighted by Gasteiger charge is 2.13. The summed E-state index contributed by atoms with van der Waals surface area (Å²) in [5.41, 5.74) is 2.21. The van der Waals surface area contributed by atoms with E-state index in [0.29, 0.717) is 23.8 Å². The molecule has 0 aliphatic carbocycles. The first-order chi connectivity index (χ1) is 12.2. The average molecular weight is 363 g/mol. The topological polar surface area (TPSA) is 64.1 Å². The summed E-state index contributed by atoms with van der Waals surface area (Å²) in [5, 5.41) is 10.8. The number of hydrogen-bond acceptors (Lipinski definition) is 5. The van der Waals surface area contributed by atoms with Crippen molar-refractivity contribution in [1.82, 2.24) is 10.6 Å². The van der Waals surface area contributed by atoms with Gasteiger partial charge in [0.15, 0.2) is 17.5 Å². The normalized spacial score (nSPS) is 11.1. The Bertz CT molecular complexity index is 662. The summed E-state index contributed by atoms with van der Waals surface area (Å²) in [6.45, 7) is 4.08. The maximum absolute atomic E-state index is 5.39. The number of nitrogens with zero attached hydrogens (tertiary/aromatic N) is 1. The quantitative estimate of drug-likeness (QED) is 0.558. The van der Waals surface area contributed by atoms with Crippen LogP contribution < -0.4 is 24.8 Å². The summed E-state index contributed by atoms with van der Waals surface area (Å²) in [5.74, 6) is 2.61. The van der Waals surface area contributed by atoms with Gasteiger partial charge in [-0.1, -0.05) is 0 Å². The molecule has 0 radical (unpaired) electrons. The first-order valence-corrected chi connectivity index (χ1v) is 8.98. The van der Waals surface area contributed by atoms with E-state index in [1.54, 1.807) is 32.7 Å². The van der Waals surface area contributed by atoms with Crippen molar-refractivity contribution in [2.45, 2.75) is 20.0 Å². The van der Waals surface area contributed by atoms with Crippen LogP contribution in [0.1, 0.15) is 18.1 Å². The fourth-order valence-electron chi connectivity index (χ4n) is 2.32. The third-order valence-corrected chi connectivity index (χ3v) is 4.26. The Kier molecular flexibility index (Phi) is 7.40. The summed E-state index contributed by atoms with van der Waals surface area (Å²) < 4.78 is 16.1. The molecule has 1 heterocycles. The molecule has 2 rings (SSSR count). The Morgan fingerprint density at radius 3 is 2.28 bits per heavy atom. The molecule has 0 saturated heterocycles. The van der Waals surface area contributed by atoms with Crippen molar-refractivity contribution in [3.05, 3.63) is 40.1 Å². The third kappa shape index (κ3) is 5.29. The van der Waals surface area contributed by atoms with E-state index in [1.165, 1.54) is 5.56 Å². The van der Waals surface area contributed by atoms with E-state index in [4.69, 9.17) is 14.2 Å². The van der Waals surface area contributed by atoms with Gasteiger partial charge in [-0.15, -0.1) is 0 Å². The van der Waals surface area contributed by atoms with Crippen molar-refractivity contribution in [3.8, 4) is 17.2 Å². The summed E-state index contributed by atoms with van der Waals surface area (Å²) in [4.78, 5) is 4.64. The van der Waals surface area contributed by atoms with Crippen LogP contribution in [0.5, 0.6) is 17.2 Å². The predicted molar refractivity (Wildman–Crippen MR) is 102 cm³/mol. The van der Waals surface area contributed by atoms with E-state index >= 15 is 0 Å². The summed E-state index contributed by atoms with van der Waals surface area (Å²) in [6, 6.07) is 5.92. The number of hydrogen-bond donors (Lipinski definition) is 2. The molecule has 1 aromatic carbocycles. The molecular formula is C18H25N3O3S. The lowest BCUT2D eigenvalue weighted by Crippen LogP contribution is -2.36. The molecule has 0 unspecified atom stereocenters. The third-order valence-electron chi connectivity index (χ3n) is 3.53. The van der Waals surface area contributed by atoms with Crippen LogP contribution in [0.3, 0.4) is 0 Å². The van der Waals surface area contributed by atoms with E-state index in [9.17, 15) is 0 Å². The fourth-order valence-corrected chi connectivity index (χ4v) is 2.99. The Hall–Kier alpha value is -2.41. The lowest BCUT2D eigenvalue weighted by Gasteiger charge is -2.14. The molecule has 2 aromatic rings. The minimum Gasteiger partial charge on any atom is -0.493 e. The molecule has 25 heavy (non-hydrogen) atoms. The van der Waals surface area contributed by atoms with Crippen molar-refractivity contribution < 1.29 is 14.2 Å². The number of ether oxygens (including phenoxy) is 3. The lowest BCUT2D eigenvalue weighted by atomic mass is 10.2. The second-order valence-corrected chi connectivity index (χ2v) is 5.99. The monoisotopic (exact) mass is 363 g/mol. The molecular weight excluding hydrogens is 338 g/mol. The fraction of sp³-hybridized carbons (Fsp3) is 0.389. The number of nitrogens with one attached hydrogen (secondary N) is 2. The zero-order valence-corrected chi connectivity index (χ0v) is 15.9. The van der Waals surface area contributed by atoms with Gasteiger partial charge in [0.2, 0.25) is 5.75 Å². The number of guanidine groups is 1. The average Bonchev–Trinajstić information content (AvgIpc) is 3.16. The van der Waals surface area contributed by atoms with Crippen LogP contribution in [0.2, 0.25) is 0 Å². The SMILES string of the molecule is CCNC(=NCc1cc(OC)c(OC)c(OC)c1)NCc1ccsc1. The van der Waals surface area contributed by atoms with E-state index in [0.717, 1.165) is 24.6 Å². The highest BCUT2D eigenvalue weighted by Crippen LogP contribution is 2.38. The minimum absolute atomic E-state index is 0.496. The van der Waals surface area contributed by atoms with Crippen LogP contribution in [0.25, 0.3) is 0 Å². The predicted octanol–water partition coefficient (Wildman–Crippen LogP) is 3.03. The van der Waals surface area contributed by atoms with Crippen LogP contribution in [0.4, 0.5) is 0 Å². The van der Waals surface area contributed by atoms with Crippen molar-refractivity contribution in [2.24, 2.45) is 4.99 Å². The van der Waals surface area contributed by atoms with Crippen LogP contribution in [0, 0.1) is 0 Å². The molecule has 0 spiro atoms. The van der Waals surface area contributed by atoms with Gasteiger partial charge in [-0.25, -0.2) is 4.99 Å². The van der Waals surface area contributed by atoms with Crippen molar-refractivity contribution in [3.63, 3.8) is 0 Å². The first-order valence-electron chi connectivity index (χ1n) is 8.04. The number of methoxy groups -OCH3 is 3. The standard InChI is InChI=1S/C18H25N3O3S/c1-5-19-18(20-10-13-6-7-25-12-13)21-11-14-8-15(22-2)17(24-4)16(9-14)23-3/h6-9,12H,5,10-11H2,1-4H3,(H2,19,20,21). The van der Waals surface area contributed by atoms with Crippen LogP contribution in [-0.2, 0) is 13.1 Å². The van der Waals surface area contributed by atoms with Crippen molar-refractivity contribution in [2.75, 3.05) is 27.9 Å². The van der Waals surface area contributed by atoms with E-state index in [1.807, 2.05) is 19.1 Å². The zero-order valence-electron chi connectivity index (χ0n) is 15.1. The van der Waals surface area contributed by atoms with Gasteiger partial charge in [0.25, 0.3) is 0 Å². The molecule has 6 nitrogen and oxygen atoms in total. The minimum atomic E-state index is 0.496. The summed E-state index contributed by atoms with van der Waals surface area (Å²) in [6.07, 6.45) is 0. The highest BCUT2D eigenvalue weighted by atomic mass is 32.1. The Morgan fingerprint density at radius 1 is 1.04 bits per heavy atom. The Labute approximate surface area is 152 Å². The highest BCUT2D eigenvalue weighted by molar-refractivity contribution is 7.07. The van der Waals surface area contributed by atoms with Crippen molar-refractivity contribution >= 4 is 17.3 Å². The molecule has 2 N–H and O–H groups in total. The van der Waals surface area contributed by atoms with Crippen LogP contribution >= 0.6 is 11.3 Å². The van der Waals surface area contributed by atoms with Gasteiger partial charge in [-0.3, -0.25) is 0 Å². The zero-order chi connectivity index (χ0) is 18.1. The molecule has 0 aliphatic heterocycles. The first kappa shape index (κ1) is 18.9.